The third-order valence-corrected chi connectivity index (χ3v) is 8.87. The molecule has 0 saturated carbocycles. The molecule has 43 heavy (non-hydrogen) atoms. The molecule has 0 rings (SSSR count). The van der Waals surface area contributed by atoms with E-state index in [0.29, 0.717) is 12.8 Å². The summed E-state index contributed by atoms with van der Waals surface area (Å²) in [4.78, 5) is 12.3. The largest absolute Gasteiger partial charge is 0.394 e. The zero-order valence-electron chi connectivity index (χ0n) is 28.8. The van der Waals surface area contributed by atoms with Crippen molar-refractivity contribution in [1.82, 2.24) is 5.32 Å². The van der Waals surface area contributed by atoms with Gasteiger partial charge in [-0.2, -0.15) is 0 Å². The van der Waals surface area contributed by atoms with E-state index in [9.17, 15) is 20.1 Å². The molecule has 4 N–H and O–H groups in total. The highest BCUT2D eigenvalue weighted by Gasteiger charge is 2.26. The molecule has 5 nitrogen and oxygen atoms in total. The Labute approximate surface area is 268 Å². The summed E-state index contributed by atoms with van der Waals surface area (Å²) in [7, 11) is 0. The molecule has 0 heterocycles. The summed E-state index contributed by atoms with van der Waals surface area (Å²) in [6.45, 7) is 4.15. The lowest BCUT2D eigenvalue weighted by Gasteiger charge is -2.26. The van der Waals surface area contributed by atoms with Gasteiger partial charge in [0.05, 0.1) is 18.8 Å². The number of carbonyl (C=O) groups excluding carboxylic acids is 1. The molecule has 0 saturated heterocycles. The van der Waals surface area contributed by atoms with Crippen molar-refractivity contribution >= 4 is 5.91 Å². The molecule has 256 valence electrons. The lowest BCUT2D eigenvalue weighted by atomic mass is 10.0. The summed E-state index contributed by atoms with van der Waals surface area (Å²) in [6.07, 6.45) is 37.4. The number of aliphatic hydroxyl groups is 3. The minimum atomic E-state index is -1.15. The Kier molecular flexibility index (Phi) is 33.3. The smallest absolute Gasteiger partial charge is 0.220 e. The van der Waals surface area contributed by atoms with Crippen LogP contribution in [0, 0.1) is 0 Å². The summed E-state index contributed by atoms with van der Waals surface area (Å²) in [5, 5.41) is 33.3. The summed E-state index contributed by atoms with van der Waals surface area (Å²) < 4.78 is 0. The van der Waals surface area contributed by atoms with Gasteiger partial charge in [0, 0.05) is 6.42 Å². The second kappa shape index (κ2) is 34.0. The van der Waals surface area contributed by atoms with E-state index in [-0.39, 0.29) is 12.5 Å². The van der Waals surface area contributed by atoms with E-state index >= 15 is 0 Å². The lowest BCUT2D eigenvalue weighted by molar-refractivity contribution is -0.124. The second-order valence-corrected chi connectivity index (χ2v) is 13.1. The number of hydrogen-bond donors (Lipinski definition) is 4. The van der Waals surface area contributed by atoms with Crippen LogP contribution in [0.3, 0.4) is 0 Å². The summed E-state index contributed by atoms with van der Waals surface area (Å²) in [6, 6.07) is -0.818. The van der Waals surface area contributed by atoms with Crippen LogP contribution in [0.5, 0.6) is 0 Å². The zero-order valence-corrected chi connectivity index (χ0v) is 28.8. The molecule has 3 atom stereocenters. The van der Waals surface area contributed by atoms with Crippen LogP contribution in [-0.4, -0.2) is 46.1 Å². The van der Waals surface area contributed by atoms with Crippen LogP contribution < -0.4 is 5.32 Å². The van der Waals surface area contributed by atoms with Crippen molar-refractivity contribution < 1.29 is 20.1 Å². The van der Waals surface area contributed by atoms with Gasteiger partial charge in [-0.05, 0) is 38.5 Å². The van der Waals surface area contributed by atoms with Gasteiger partial charge in [0.25, 0.3) is 0 Å². The predicted molar refractivity (Wildman–Crippen MR) is 185 cm³/mol. The number of carbonyl (C=O) groups is 1. The van der Waals surface area contributed by atoms with Crippen molar-refractivity contribution in [2.45, 2.75) is 218 Å². The van der Waals surface area contributed by atoms with Gasteiger partial charge in [0.15, 0.2) is 0 Å². The van der Waals surface area contributed by atoms with Gasteiger partial charge in [0.1, 0.15) is 6.10 Å². The highest BCUT2D eigenvalue weighted by molar-refractivity contribution is 5.76. The summed E-state index contributed by atoms with van der Waals surface area (Å²) >= 11 is 0. The number of allylic oxidation sites excluding steroid dienone is 2. The van der Waals surface area contributed by atoms with Crippen molar-refractivity contribution in [3.05, 3.63) is 12.2 Å². The van der Waals surface area contributed by atoms with Crippen molar-refractivity contribution in [1.29, 1.82) is 0 Å². The molecule has 0 bridgehead atoms. The van der Waals surface area contributed by atoms with E-state index in [1.54, 1.807) is 0 Å². The Morgan fingerprint density at radius 3 is 1.35 bits per heavy atom. The number of rotatable bonds is 34. The number of unbranched alkanes of at least 4 members (excludes halogenated alkanes) is 24. The molecule has 0 aromatic rings. The molecule has 0 aliphatic carbocycles. The molecule has 0 aliphatic rings. The standard InChI is InChI=1S/C38H75NO4/c1-3-5-7-9-11-13-15-16-17-18-19-20-21-23-24-26-28-30-32-36(41)38(43)35(34-40)39-37(42)33-31-29-27-25-22-14-12-10-8-6-4-2/h24,26,35-36,38,40-41,43H,3-23,25,27-34H2,1-2H3,(H,39,42)/b26-24+. The average Bonchev–Trinajstić information content (AvgIpc) is 3.01. The van der Waals surface area contributed by atoms with Gasteiger partial charge in [-0.25, -0.2) is 0 Å². The fourth-order valence-electron chi connectivity index (χ4n) is 5.87. The van der Waals surface area contributed by atoms with E-state index in [4.69, 9.17) is 0 Å². The molecule has 0 aromatic carbocycles. The topological polar surface area (TPSA) is 89.8 Å². The fourth-order valence-corrected chi connectivity index (χ4v) is 5.87. The molecule has 0 spiro atoms. The number of aliphatic hydroxyl groups excluding tert-OH is 3. The maximum atomic E-state index is 12.3. The Balaban J connectivity index is 3.69. The fraction of sp³-hybridized carbons (Fsp3) is 0.921. The van der Waals surface area contributed by atoms with Crippen molar-refractivity contribution in [2.24, 2.45) is 0 Å². The molecule has 0 fully saturated rings. The summed E-state index contributed by atoms with van der Waals surface area (Å²) in [5.41, 5.74) is 0. The molecule has 1 amide bonds. The monoisotopic (exact) mass is 610 g/mol. The van der Waals surface area contributed by atoms with Crippen LogP contribution in [0.25, 0.3) is 0 Å². The van der Waals surface area contributed by atoms with Crippen molar-refractivity contribution in [3.63, 3.8) is 0 Å². The minimum Gasteiger partial charge on any atom is -0.394 e. The number of hydrogen-bond acceptors (Lipinski definition) is 4. The van der Waals surface area contributed by atoms with Gasteiger partial charge in [-0.1, -0.05) is 167 Å². The third kappa shape index (κ3) is 29.6. The Bertz CT molecular complexity index is 596. The van der Waals surface area contributed by atoms with Crippen molar-refractivity contribution in [3.8, 4) is 0 Å². The van der Waals surface area contributed by atoms with Crippen LogP contribution in [0.15, 0.2) is 12.2 Å². The first-order chi connectivity index (χ1) is 21.1. The second-order valence-electron chi connectivity index (χ2n) is 13.1. The van der Waals surface area contributed by atoms with Gasteiger partial charge >= 0.3 is 0 Å². The molecule has 0 aromatic heterocycles. The highest BCUT2D eigenvalue weighted by Crippen LogP contribution is 2.15. The van der Waals surface area contributed by atoms with Crippen LogP contribution >= 0.6 is 0 Å². The van der Waals surface area contributed by atoms with Gasteiger partial charge in [-0.15, -0.1) is 0 Å². The lowest BCUT2D eigenvalue weighted by Crippen LogP contribution is -2.50. The molecule has 5 heteroatoms. The predicted octanol–water partition coefficient (Wildman–Crippen LogP) is 10.1. The highest BCUT2D eigenvalue weighted by atomic mass is 16.3. The quantitative estimate of drug-likeness (QED) is 0.0432. The first-order valence-corrected chi connectivity index (χ1v) is 19.0. The normalized spacial score (nSPS) is 13.9. The molecular formula is C38H75NO4. The minimum absolute atomic E-state index is 0.155. The van der Waals surface area contributed by atoms with E-state index in [2.05, 4.69) is 31.3 Å². The molecule has 0 radical (unpaired) electrons. The van der Waals surface area contributed by atoms with Gasteiger partial charge < -0.3 is 20.6 Å². The maximum absolute atomic E-state index is 12.3. The van der Waals surface area contributed by atoms with E-state index in [0.717, 1.165) is 38.5 Å². The van der Waals surface area contributed by atoms with Crippen LogP contribution in [0.4, 0.5) is 0 Å². The third-order valence-electron chi connectivity index (χ3n) is 8.87. The molecular weight excluding hydrogens is 534 g/mol. The Morgan fingerprint density at radius 1 is 0.558 bits per heavy atom. The van der Waals surface area contributed by atoms with Crippen LogP contribution in [0.2, 0.25) is 0 Å². The van der Waals surface area contributed by atoms with Crippen LogP contribution in [-0.2, 0) is 4.79 Å². The van der Waals surface area contributed by atoms with E-state index in [1.807, 2.05) is 0 Å². The van der Waals surface area contributed by atoms with Gasteiger partial charge in [-0.3, -0.25) is 4.79 Å². The number of nitrogens with one attached hydrogen (secondary N) is 1. The van der Waals surface area contributed by atoms with Crippen LogP contribution in [0.1, 0.15) is 200 Å². The van der Waals surface area contributed by atoms with E-state index in [1.165, 1.54) is 135 Å². The number of amides is 1. The SMILES string of the molecule is CCCCCCCCCCCCCCC/C=C/CCCC(O)C(O)C(CO)NC(=O)CCCCCCCCCCCCC. The molecule has 0 aliphatic heterocycles. The van der Waals surface area contributed by atoms with E-state index < -0.39 is 18.2 Å². The maximum Gasteiger partial charge on any atom is 0.220 e. The Hall–Kier alpha value is -0.910. The Morgan fingerprint density at radius 2 is 0.930 bits per heavy atom. The van der Waals surface area contributed by atoms with Crippen molar-refractivity contribution in [2.75, 3.05) is 6.61 Å². The molecule has 3 unspecified atom stereocenters. The first-order valence-electron chi connectivity index (χ1n) is 19.0. The average molecular weight is 610 g/mol. The zero-order chi connectivity index (χ0) is 31.6. The first kappa shape index (κ1) is 42.1. The summed E-state index contributed by atoms with van der Waals surface area (Å²) in [5.74, 6) is -0.155. The van der Waals surface area contributed by atoms with Gasteiger partial charge in [0.2, 0.25) is 5.91 Å².